The van der Waals surface area contributed by atoms with Crippen LogP contribution in [-0.4, -0.2) is 47.0 Å². The number of nitrogens with zero attached hydrogens (tertiary/aromatic N) is 2. The Hall–Kier alpha value is -1.77. The number of methoxy groups -OCH3 is 1. The van der Waals surface area contributed by atoms with Crippen LogP contribution in [0.3, 0.4) is 0 Å². The molecule has 2 heterocycles. The Labute approximate surface area is 143 Å². The van der Waals surface area contributed by atoms with Crippen LogP contribution < -0.4 is 0 Å². The molecule has 0 unspecified atom stereocenters. The standard InChI is InChI=1S/C15H19N2O7P/c1-22-9-14-13(24-25(2,20)21)8-15(23-14)16-6-5-10-7-11(17(18)19)3-4-12(10)16/h3-7,13-15H,8-9H2,1-2H3,(H,20,21)/t13-,14-,15-/m1/s1. The van der Waals surface area contributed by atoms with Crippen molar-refractivity contribution in [1.29, 1.82) is 0 Å². The molecule has 25 heavy (non-hydrogen) atoms. The zero-order valence-electron chi connectivity index (χ0n) is 13.8. The monoisotopic (exact) mass is 370 g/mol. The van der Waals surface area contributed by atoms with Crippen LogP contribution in [0.1, 0.15) is 12.6 Å². The number of aromatic nitrogens is 1. The first-order valence-corrected chi connectivity index (χ1v) is 9.69. The lowest BCUT2D eigenvalue weighted by Crippen LogP contribution is -2.27. The Kier molecular flexibility index (Phi) is 4.95. The largest absolute Gasteiger partial charge is 0.382 e. The van der Waals surface area contributed by atoms with Crippen LogP contribution in [-0.2, 0) is 18.6 Å². The molecule has 0 bridgehead atoms. The fourth-order valence-corrected chi connectivity index (χ4v) is 3.79. The van der Waals surface area contributed by atoms with E-state index in [-0.39, 0.29) is 12.3 Å². The van der Waals surface area contributed by atoms with Gasteiger partial charge in [0.25, 0.3) is 5.69 Å². The highest BCUT2D eigenvalue weighted by Gasteiger charge is 2.40. The topological polar surface area (TPSA) is 113 Å². The van der Waals surface area contributed by atoms with Gasteiger partial charge in [-0.1, -0.05) is 0 Å². The van der Waals surface area contributed by atoms with Crippen LogP contribution >= 0.6 is 7.60 Å². The molecule has 0 radical (unpaired) electrons. The number of non-ortho nitro benzene ring substituents is 1. The second kappa shape index (κ2) is 6.86. The van der Waals surface area contributed by atoms with Crippen molar-refractivity contribution in [2.45, 2.75) is 24.9 Å². The first-order chi connectivity index (χ1) is 11.8. The third kappa shape index (κ3) is 3.91. The van der Waals surface area contributed by atoms with Crippen LogP contribution in [0.4, 0.5) is 5.69 Å². The van der Waals surface area contributed by atoms with Crippen LogP contribution in [0.5, 0.6) is 0 Å². The number of hydrogen-bond acceptors (Lipinski definition) is 6. The summed E-state index contributed by atoms with van der Waals surface area (Å²) in [5.41, 5.74) is 0.791. The summed E-state index contributed by atoms with van der Waals surface area (Å²) in [6.45, 7) is 1.36. The molecule has 136 valence electrons. The van der Waals surface area contributed by atoms with Gasteiger partial charge in [0.1, 0.15) is 12.3 Å². The molecule has 1 aliphatic rings. The van der Waals surface area contributed by atoms with Crippen molar-refractivity contribution in [3.8, 4) is 0 Å². The summed E-state index contributed by atoms with van der Waals surface area (Å²) >= 11 is 0. The summed E-state index contributed by atoms with van der Waals surface area (Å²) in [7, 11) is -2.15. The molecule has 0 amide bonds. The number of rotatable bonds is 6. The summed E-state index contributed by atoms with van der Waals surface area (Å²) in [5.74, 6) is 0. The highest BCUT2D eigenvalue weighted by molar-refractivity contribution is 7.51. The van der Waals surface area contributed by atoms with E-state index >= 15 is 0 Å². The lowest BCUT2D eigenvalue weighted by atomic mass is 10.2. The fraction of sp³-hybridized carbons (Fsp3) is 0.467. The molecule has 1 aromatic heterocycles. The van der Waals surface area contributed by atoms with Crippen molar-refractivity contribution in [3.05, 3.63) is 40.6 Å². The van der Waals surface area contributed by atoms with Crippen LogP contribution in [0.15, 0.2) is 30.5 Å². The molecule has 4 atom stereocenters. The Bertz CT molecular complexity index is 830. The highest BCUT2D eigenvalue weighted by Crippen LogP contribution is 2.44. The second-order valence-corrected chi connectivity index (χ2v) is 7.81. The molecular weight excluding hydrogens is 351 g/mol. The minimum atomic E-state index is -3.66. The Morgan fingerprint density at radius 3 is 2.88 bits per heavy atom. The zero-order valence-corrected chi connectivity index (χ0v) is 14.7. The van der Waals surface area contributed by atoms with E-state index < -0.39 is 31.0 Å². The van der Waals surface area contributed by atoms with E-state index in [1.807, 2.05) is 4.57 Å². The van der Waals surface area contributed by atoms with Gasteiger partial charge in [-0.15, -0.1) is 0 Å². The van der Waals surface area contributed by atoms with Gasteiger partial charge in [-0.3, -0.25) is 14.7 Å². The van der Waals surface area contributed by atoms with Gasteiger partial charge in [-0.2, -0.15) is 0 Å². The molecule has 1 saturated heterocycles. The normalized spacial score (nSPS) is 26.0. The number of fused-ring (bicyclic) bond motifs is 1. The smallest absolute Gasteiger partial charge is 0.325 e. The van der Waals surface area contributed by atoms with Gasteiger partial charge in [0, 0.05) is 43.9 Å². The highest BCUT2D eigenvalue weighted by atomic mass is 31.2. The molecule has 2 aromatic rings. The quantitative estimate of drug-likeness (QED) is 0.472. The van der Waals surface area contributed by atoms with Crippen molar-refractivity contribution in [3.63, 3.8) is 0 Å². The van der Waals surface area contributed by atoms with E-state index in [1.165, 1.54) is 19.2 Å². The van der Waals surface area contributed by atoms with E-state index in [4.69, 9.17) is 14.0 Å². The lowest BCUT2D eigenvalue weighted by molar-refractivity contribution is -0.384. The first-order valence-electron chi connectivity index (χ1n) is 7.66. The van der Waals surface area contributed by atoms with Crippen LogP contribution in [0.25, 0.3) is 10.9 Å². The number of nitro groups is 1. The third-order valence-electron chi connectivity index (χ3n) is 4.07. The minimum Gasteiger partial charge on any atom is -0.382 e. The maximum Gasteiger partial charge on any atom is 0.325 e. The predicted molar refractivity (Wildman–Crippen MR) is 89.6 cm³/mol. The van der Waals surface area contributed by atoms with Crippen molar-refractivity contribution in [1.82, 2.24) is 4.57 Å². The molecule has 3 rings (SSSR count). The maximum absolute atomic E-state index is 11.6. The molecule has 1 aliphatic heterocycles. The second-order valence-electron chi connectivity index (χ2n) is 5.99. The Morgan fingerprint density at radius 2 is 2.24 bits per heavy atom. The van der Waals surface area contributed by atoms with Gasteiger partial charge in [-0.05, 0) is 12.1 Å². The predicted octanol–water partition coefficient (Wildman–Crippen LogP) is 2.68. The average Bonchev–Trinajstić information content (AvgIpc) is 3.09. The number of benzene rings is 1. The average molecular weight is 370 g/mol. The van der Waals surface area contributed by atoms with Gasteiger partial charge in [0.2, 0.25) is 0 Å². The van der Waals surface area contributed by atoms with E-state index in [2.05, 4.69) is 0 Å². The van der Waals surface area contributed by atoms with E-state index in [9.17, 15) is 19.6 Å². The van der Waals surface area contributed by atoms with Gasteiger partial charge < -0.3 is 23.5 Å². The van der Waals surface area contributed by atoms with Gasteiger partial charge >= 0.3 is 7.60 Å². The molecule has 1 fully saturated rings. The number of hydrogen-bond donors (Lipinski definition) is 1. The van der Waals surface area contributed by atoms with Gasteiger partial charge in [0.05, 0.1) is 23.2 Å². The van der Waals surface area contributed by atoms with Gasteiger partial charge in [0.15, 0.2) is 0 Å². The fourth-order valence-electron chi connectivity index (χ4n) is 3.06. The summed E-state index contributed by atoms with van der Waals surface area (Å²) in [4.78, 5) is 20.0. The van der Waals surface area contributed by atoms with Crippen molar-refractivity contribution in [2.24, 2.45) is 0 Å². The van der Waals surface area contributed by atoms with E-state index in [1.54, 1.807) is 18.3 Å². The molecule has 0 spiro atoms. The molecule has 0 saturated carbocycles. The Balaban J connectivity index is 1.87. The van der Waals surface area contributed by atoms with E-state index in [0.717, 1.165) is 12.2 Å². The summed E-state index contributed by atoms with van der Waals surface area (Å²) in [5, 5.41) is 11.6. The SMILES string of the molecule is COC[C@H]1O[C@@H](n2ccc3cc([N+](=O)[O-])ccc32)C[C@H]1O[P@](C)(=O)O. The minimum absolute atomic E-state index is 0.0169. The lowest BCUT2D eigenvalue weighted by Gasteiger charge is -2.19. The molecule has 0 aliphatic carbocycles. The molecular formula is C15H19N2O7P. The summed E-state index contributed by atoms with van der Waals surface area (Å²) in [6, 6.07) is 6.35. The maximum atomic E-state index is 11.6. The van der Waals surface area contributed by atoms with Crippen LogP contribution in [0, 0.1) is 10.1 Å². The zero-order chi connectivity index (χ0) is 18.2. The Morgan fingerprint density at radius 1 is 1.48 bits per heavy atom. The molecule has 9 nitrogen and oxygen atoms in total. The van der Waals surface area contributed by atoms with Gasteiger partial charge in [-0.25, -0.2) is 0 Å². The van der Waals surface area contributed by atoms with Crippen molar-refractivity contribution >= 4 is 24.2 Å². The number of ether oxygens (including phenoxy) is 2. The third-order valence-corrected chi connectivity index (χ3v) is 4.73. The van der Waals surface area contributed by atoms with Crippen LogP contribution in [0.2, 0.25) is 0 Å². The van der Waals surface area contributed by atoms with E-state index in [0.29, 0.717) is 11.8 Å². The number of nitro benzene ring substituents is 1. The summed E-state index contributed by atoms with van der Waals surface area (Å²) < 4.78 is 29.7. The first kappa shape index (κ1) is 18.0. The summed E-state index contributed by atoms with van der Waals surface area (Å²) in [6.07, 6.45) is 0.658. The molecule has 1 aromatic carbocycles. The molecule has 1 N–H and O–H groups in total. The van der Waals surface area contributed by atoms with Crippen molar-refractivity contribution < 1.29 is 28.4 Å². The molecule has 10 heteroatoms. The van der Waals surface area contributed by atoms with Crippen molar-refractivity contribution in [2.75, 3.05) is 20.4 Å².